The maximum Gasteiger partial charge on any atom is 0.239 e. The highest BCUT2D eigenvalue weighted by Crippen LogP contribution is 2.14. The summed E-state index contributed by atoms with van der Waals surface area (Å²) in [6, 6.07) is -0.237. The third-order valence-electron chi connectivity index (χ3n) is 3.64. The Labute approximate surface area is 97.8 Å². The SMILES string of the molecule is CC(CN1CCCC1)CN1CCC(N)C1=O. The smallest absolute Gasteiger partial charge is 0.239 e. The van der Waals surface area contributed by atoms with Crippen LogP contribution >= 0.6 is 0 Å². The van der Waals surface area contributed by atoms with Gasteiger partial charge in [-0.05, 0) is 38.3 Å². The molecule has 0 bridgehead atoms. The number of rotatable bonds is 4. The first-order valence-corrected chi connectivity index (χ1v) is 6.43. The molecule has 0 saturated carbocycles. The Balaban J connectivity index is 1.74. The predicted molar refractivity (Wildman–Crippen MR) is 64.0 cm³/mol. The van der Waals surface area contributed by atoms with E-state index in [4.69, 9.17) is 5.73 Å². The van der Waals surface area contributed by atoms with Gasteiger partial charge >= 0.3 is 0 Å². The van der Waals surface area contributed by atoms with Crippen LogP contribution in [0, 0.1) is 5.92 Å². The molecule has 2 rings (SSSR count). The van der Waals surface area contributed by atoms with Crippen LogP contribution in [0.25, 0.3) is 0 Å². The van der Waals surface area contributed by atoms with E-state index in [1.807, 2.05) is 4.90 Å². The third kappa shape index (κ3) is 2.74. The normalized spacial score (nSPS) is 29.0. The van der Waals surface area contributed by atoms with Gasteiger partial charge in [0.05, 0.1) is 6.04 Å². The Hall–Kier alpha value is -0.610. The van der Waals surface area contributed by atoms with Crippen molar-refractivity contribution < 1.29 is 4.79 Å². The summed E-state index contributed by atoms with van der Waals surface area (Å²) in [7, 11) is 0. The van der Waals surface area contributed by atoms with E-state index in [0.29, 0.717) is 5.92 Å². The lowest BCUT2D eigenvalue weighted by Crippen LogP contribution is -2.39. The van der Waals surface area contributed by atoms with E-state index < -0.39 is 0 Å². The molecule has 2 heterocycles. The standard InChI is InChI=1S/C12H23N3O/c1-10(8-14-5-2-3-6-14)9-15-7-4-11(13)12(15)16/h10-11H,2-9,13H2,1H3. The fraction of sp³-hybridized carbons (Fsp3) is 0.917. The minimum Gasteiger partial charge on any atom is -0.341 e. The molecule has 2 N–H and O–H groups in total. The lowest BCUT2D eigenvalue weighted by molar-refractivity contribution is -0.129. The molecule has 4 heteroatoms. The molecule has 0 aromatic heterocycles. The first-order valence-electron chi connectivity index (χ1n) is 6.43. The molecular weight excluding hydrogens is 202 g/mol. The number of nitrogens with zero attached hydrogens (tertiary/aromatic N) is 2. The Morgan fingerprint density at radius 1 is 1.31 bits per heavy atom. The van der Waals surface area contributed by atoms with Gasteiger partial charge in [-0.25, -0.2) is 0 Å². The molecule has 2 aliphatic heterocycles. The number of hydrogen-bond donors (Lipinski definition) is 1. The molecule has 2 unspecified atom stereocenters. The van der Waals surface area contributed by atoms with Gasteiger partial charge in [0.25, 0.3) is 0 Å². The molecule has 2 aliphatic rings. The molecule has 2 atom stereocenters. The number of carbonyl (C=O) groups excluding carboxylic acids is 1. The average molecular weight is 225 g/mol. The van der Waals surface area contributed by atoms with E-state index in [2.05, 4.69) is 11.8 Å². The quantitative estimate of drug-likeness (QED) is 0.747. The Bertz CT molecular complexity index is 251. The number of hydrogen-bond acceptors (Lipinski definition) is 3. The van der Waals surface area contributed by atoms with Gasteiger partial charge in [-0.2, -0.15) is 0 Å². The summed E-state index contributed by atoms with van der Waals surface area (Å²) in [5.74, 6) is 0.709. The van der Waals surface area contributed by atoms with Crippen molar-refractivity contribution in [1.29, 1.82) is 0 Å². The largest absolute Gasteiger partial charge is 0.341 e. The van der Waals surface area contributed by atoms with Gasteiger partial charge in [-0.15, -0.1) is 0 Å². The molecule has 0 aromatic carbocycles. The van der Waals surface area contributed by atoms with E-state index in [9.17, 15) is 4.79 Å². The maximum atomic E-state index is 11.7. The van der Waals surface area contributed by atoms with E-state index in [-0.39, 0.29) is 11.9 Å². The highest BCUT2D eigenvalue weighted by molar-refractivity contribution is 5.83. The molecule has 0 radical (unpaired) electrons. The van der Waals surface area contributed by atoms with E-state index >= 15 is 0 Å². The molecule has 0 spiro atoms. The lowest BCUT2D eigenvalue weighted by Gasteiger charge is -2.25. The monoisotopic (exact) mass is 225 g/mol. The number of nitrogens with two attached hydrogens (primary N) is 1. The Morgan fingerprint density at radius 2 is 2.00 bits per heavy atom. The minimum absolute atomic E-state index is 0.147. The van der Waals surface area contributed by atoms with Crippen molar-refractivity contribution >= 4 is 5.91 Å². The second kappa shape index (κ2) is 5.15. The first kappa shape index (κ1) is 11.9. The van der Waals surface area contributed by atoms with Gasteiger partial charge in [0.2, 0.25) is 5.91 Å². The fourth-order valence-electron chi connectivity index (χ4n) is 2.78. The average Bonchev–Trinajstić information content (AvgIpc) is 2.83. The molecule has 2 saturated heterocycles. The van der Waals surface area contributed by atoms with E-state index in [1.54, 1.807) is 0 Å². The van der Waals surface area contributed by atoms with Crippen LogP contribution in [-0.4, -0.2) is 54.5 Å². The van der Waals surface area contributed by atoms with Crippen LogP contribution in [0.3, 0.4) is 0 Å². The maximum absolute atomic E-state index is 11.7. The Kier molecular flexibility index (Phi) is 3.82. The van der Waals surface area contributed by atoms with Crippen molar-refractivity contribution in [2.45, 2.75) is 32.2 Å². The van der Waals surface area contributed by atoms with Crippen molar-refractivity contribution in [3.8, 4) is 0 Å². The predicted octanol–water partition coefficient (Wildman–Crippen LogP) is 0.278. The van der Waals surface area contributed by atoms with Crippen molar-refractivity contribution in [3.05, 3.63) is 0 Å². The third-order valence-corrected chi connectivity index (χ3v) is 3.64. The van der Waals surface area contributed by atoms with E-state index in [1.165, 1.54) is 25.9 Å². The number of carbonyl (C=O) groups is 1. The van der Waals surface area contributed by atoms with Crippen LogP contribution in [-0.2, 0) is 4.79 Å². The zero-order chi connectivity index (χ0) is 11.5. The number of likely N-dealkylation sites (tertiary alicyclic amines) is 2. The molecule has 0 aliphatic carbocycles. The van der Waals surface area contributed by atoms with Gasteiger partial charge in [0.1, 0.15) is 0 Å². The van der Waals surface area contributed by atoms with Gasteiger partial charge in [-0.1, -0.05) is 6.92 Å². The highest BCUT2D eigenvalue weighted by atomic mass is 16.2. The molecule has 1 amide bonds. The Morgan fingerprint density at radius 3 is 2.56 bits per heavy atom. The van der Waals surface area contributed by atoms with Crippen LogP contribution in [0.1, 0.15) is 26.2 Å². The second-order valence-electron chi connectivity index (χ2n) is 5.29. The summed E-state index contributed by atoms with van der Waals surface area (Å²) in [6.07, 6.45) is 3.50. The van der Waals surface area contributed by atoms with Gasteiger partial charge in [-0.3, -0.25) is 4.79 Å². The van der Waals surface area contributed by atoms with Crippen LogP contribution in [0.5, 0.6) is 0 Å². The summed E-state index contributed by atoms with van der Waals surface area (Å²) in [5, 5.41) is 0. The lowest BCUT2D eigenvalue weighted by atomic mass is 10.1. The van der Waals surface area contributed by atoms with Crippen LogP contribution in [0.15, 0.2) is 0 Å². The molecular formula is C12H23N3O. The first-order chi connectivity index (χ1) is 7.66. The molecule has 0 aromatic rings. The molecule has 92 valence electrons. The molecule has 2 fully saturated rings. The van der Waals surface area contributed by atoms with Crippen LogP contribution in [0.2, 0.25) is 0 Å². The zero-order valence-corrected chi connectivity index (χ0v) is 10.2. The second-order valence-corrected chi connectivity index (χ2v) is 5.29. The fourth-order valence-corrected chi connectivity index (χ4v) is 2.78. The van der Waals surface area contributed by atoms with Gasteiger partial charge in [0.15, 0.2) is 0 Å². The van der Waals surface area contributed by atoms with Crippen LogP contribution in [0.4, 0.5) is 0 Å². The van der Waals surface area contributed by atoms with Crippen molar-refractivity contribution in [3.63, 3.8) is 0 Å². The van der Waals surface area contributed by atoms with Crippen molar-refractivity contribution in [1.82, 2.24) is 9.80 Å². The summed E-state index contributed by atoms with van der Waals surface area (Å²) >= 11 is 0. The highest BCUT2D eigenvalue weighted by Gasteiger charge is 2.29. The van der Waals surface area contributed by atoms with Crippen LogP contribution < -0.4 is 5.73 Å². The number of amides is 1. The summed E-state index contributed by atoms with van der Waals surface area (Å²) in [5.41, 5.74) is 5.71. The van der Waals surface area contributed by atoms with Crippen molar-refractivity contribution in [2.24, 2.45) is 11.7 Å². The van der Waals surface area contributed by atoms with Crippen molar-refractivity contribution in [2.75, 3.05) is 32.7 Å². The molecule has 4 nitrogen and oxygen atoms in total. The minimum atomic E-state index is -0.237. The topological polar surface area (TPSA) is 49.6 Å². The van der Waals surface area contributed by atoms with E-state index in [0.717, 1.165) is 26.1 Å². The summed E-state index contributed by atoms with van der Waals surface area (Å²) in [4.78, 5) is 16.1. The van der Waals surface area contributed by atoms with Gasteiger partial charge in [0, 0.05) is 19.6 Å². The van der Waals surface area contributed by atoms with Gasteiger partial charge < -0.3 is 15.5 Å². The zero-order valence-electron chi connectivity index (χ0n) is 10.2. The molecule has 16 heavy (non-hydrogen) atoms. The summed E-state index contributed by atoms with van der Waals surface area (Å²) < 4.78 is 0. The summed E-state index contributed by atoms with van der Waals surface area (Å²) in [6.45, 7) is 7.55.